The molecule has 0 spiro atoms. The van der Waals surface area contributed by atoms with E-state index in [1.54, 1.807) is 35.2 Å². The van der Waals surface area contributed by atoms with E-state index >= 15 is 0 Å². The van der Waals surface area contributed by atoms with Gasteiger partial charge < -0.3 is 67.8 Å². The molecule has 16 heteroatoms. The third kappa shape index (κ3) is 8.75. The van der Waals surface area contributed by atoms with Crippen LogP contribution in [0.3, 0.4) is 0 Å². The number of Topliss-reactive ketones (excluding diaryl/α,β-unsaturated/α-hetero) is 1. The highest BCUT2D eigenvalue weighted by Crippen LogP contribution is 2.71. The van der Waals surface area contributed by atoms with Crippen molar-refractivity contribution < 1.29 is 77.4 Å². The number of carbonyl (C=O) groups is 2. The van der Waals surface area contributed by atoms with Crippen molar-refractivity contribution >= 4 is 11.8 Å². The highest BCUT2D eigenvalue weighted by atomic mass is 16.7. The summed E-state index contributed by atoms with van der Waals surface area (Å²) in [6.07, 6.45) is -0.620. The van der Waals surface area contributed by atoms with Gasteiger partial charge in [-0.2, -0.15) is 0 Å². The summed E-state index contributed by atoms with van der Waals surface area (Å²) in [6, 6.07) is 0. The number of carbonyl (C=O) groups excluding carboxylic acids is 2. The first-order valence-corrected chi connectivity index (χ1v) is 24.0. The summed E-state index contributed by atoms with van der Waals surface area (Å²) < 4.78 is 62.1. The zero-order valence-electron chi connectivity index (χ0n) is 40.7. The van der Waals surface area contributed by atoms with Crippen LogP contribution in [-0.4, -0.2) is 156 Å². The van der Waals surface area contributed by atoms with Crippen LogP contribution >= 0.6 is 0 Å². The number of methoxy groups -OCH3 is 3. The van der Waals surface area contributed by atoms with E-state index in [1.165, 1.54) is 13.0 Å². The van der Waals surface area contributed by atoms with Crippen molar-refractivity contribution in [3.8, 4) is 0 Å². The molecular weight excluding hydrogens is 845 g/mol. The third-order valence-corrected chi connectivity index (χ3v) is 17.4. The summed E-state index contributed by atoms with van der Waals surface area (Å²) in [5.74, 6) is -1.59. The molecule has 3 heterocycles. The predicted molar refractivity (Wildman–Crippen MR) is 234 cm³/mol. The Bertz CT molecular complexity index is 1790. The molecule has 7 aliphatic rings. The Morgan fingerprint density at radius 1 is 0.769 bits per heavy atom. The lowest BCUT2D eigenvalue weighted by molar-refractivity contribution is -0.338. The van der Waals surface area contributed by atoms with Crippen molar-refractivity contribution in [1.82, 2.24) is 0 Å². The number of fused-ring (bicyclic) bond motifs is 5. The second kappa shape index (κ2) is 19.1. The maximum absolute atomic E-state index is 13.5. The molecule has 6 fully saturated rings. The van der Waals surface area contributed by atoms with Crippen molar-refractivity contribution in [2.75, 3.05) is 21.3 Å². The first-order chi connectivity index (χ1) is 30.5. The predicted octanol–water partition coefficient (Wildman–Crippen LogP) is 4.59. The van der Waals surface area contributed by atoms with Crippen LogP contribution in [0.2, 0.25) is 0 Å². The average Bonchev–Trinajstić information content (AvgIpc) is 3.48. The smallest absolute Gasteiger partial charge is 0.330 e. The van der Waals surface area contributed by atoms with Crippen molar-refractivity contribution in [3.63, 3.8) is 0 Å². The van der Waals surface area contributed by atoms with Crippen LogP contribution in [0.25, 0.3) is 0 Å². The second-order valence-corrected chi connectivity index (χ2v) is 21.0. The molecule has 3 saturated heterocycles. The minimum atomic E-state index is -2.02. The van der Waals surface area contributed by atoms with Crippen molar-refractivity contribution in [2.24, 2.45) is 22.7 Å². The maximum Gasteiger partial charge on any atom is 0.330 e. The Labute approximate surface area is 384 Å². The SMILES string of the molecule is CO[C@H]1C[C@H](O[C@H]2CC[C@@]3(C)C(=CC[C@]4(O)[C@@H]3C[C@@H](OC(=O)/C=C(\C)C(C)C)[C@@]3(C)[C@]4(O)CC[C@@]3(O)C(C)=O)C2)O[C@H](C)[C@H]1O[C@H]1C[C@@H](OC)[C@H](O[C@H]2C[C@@H](OC)[C@@H](O)[C@H](C)O2)[C@@H](C)O1. The lowest BCUT2D eigenvalue weighted by Gasteiger charge is -2.67. The summed E-state index contributed by atoms with van der Waals surface area (Å²) in [6.45, 7) is 16.4. The van der Waals surface area contributed by atoms with Gasteiger partial charge in [0.2, 0.25) is 0 Å². The number of aliphatic hydroxyl groups excluding tert-OH is 1. The number of hydrogen-bond acceptors (Lipinski definition) is 16. The fourth-order valence-electron chi connectivity index (χ4n) is 12.9. The summed E-state index contributed by atoms with van der Waals surface area (Å²) in [4.78, 5) is 26.8. The summed E-state index contributed by atoms with van der Waals surface area (Å²) in [5, 5.41) is 48.3. The first kappa shape index (κ1) is 51.0. The van der Waals surface area contributed by atoms with Crippen molar-refractivity contribution in [2.45, 2.75) is 229 Å². The molecule has 0 unspecified atom stereocenters. The molecule has 4 N–H and O–H groups in total. The summed E-state index contributed by atoms with van der Waals surface area (Å²) in [5.41, 5.74) is -6.04. The van der Waals surface area contributed by atoms with Gasteiger partial charge >= 0.3 is 5.97 Å². The van der Waals surface area contributed by atoms with Gasteiger partial charge in [0.25, 0.3) is 0 Å². The molecule has 370 valence electrons. The van der Waals surface area contributed by atoms with E-state index in [9.17, 15) is 30.0 Å². The summed E-state index contributed by atoms with van der Waals surface area (Å²) >= 11 is 0. The number of rotatable bonds is 13. The number of allylic oxidation sites excluding steroid dienone is 1. The molecule has 20 atom stereocenters. The molecule has 0 aromatic carbocycles. The van der Waals surface area contributed by atoms with Gasteiger partial charge in [-0.1, -0.05) is 38.0 Å². The van der Waals surface area contributed by atoms with Crippen LogP contribution in [0.5, 0.6) is 0 Å². The molecule has 0 aromatic heterocycles. The van der Waals surface area contributed by atoms with Gasteiger partial charge in [0.15, 0.2) is 24.7 Å². The van der Waals surface area contributed by atoms with Gasteiger partial charge in [-0.05, 0) is 97.8 Å². The highest BCUT2D eigenvalue weighted by molar-refractivity contribution is 5.87. The molecule has 4 aliphatic carbocycles. The Morgan fingerprint density at radius 2 is 1.31 bits per heavy atom. The number of esters is 1. The molecule has 3 saturated carbocycles. The third-order valence-electron chi connectivity index (χ3n) is 17.4. The average molecular weight is 923 g/mol. The van der Waals surface area contributed by atoms with Crippen molar-refractivity contribution in [1.29, 1.82) is 0 Å². The number of ether oxygens (including phenoxy) is 10. The number of aliphatic hydroxyl groups is 4. The monoisotopic (exact) mass is 923 g/mol. The van der Waals surface area contributed by atoms with E-state index in [0.717, 1.165) is 11.1 Å². The van der Waals surface area contributed by atoms with Gasteiger partial charge in [-0.15, -0.1) is 0 Å². The molecule has 16 nitrogen and oxygen atoms in total. The minimum absolute atomic E-state index is 0.0276. The molecule has 0 amide bonds. The Morgan fingerprint density at radius 3 is 1.85 bits per heavy atom. The fourth-order valence-corrected chi connectivity index (χ4v) is 12.9. The number of hydrogen-bond donors (Lipinski definition) is 4. The van der Waals surface area contributed by atoms with Gasteiger partial charge in [0.1, 0.15) is 41.2 Å². The lowest BCUT2D eigenvalue weighted by Crippen LogP contribution is -2.78. The first-order valence-electron chi connectivity index (χ1n) is 24.0. The summed E-state index contributed by atoms with van der Waals surface area (Å²) in [7, 11) is 4.84. The Hall–Kier alpha value is -1.90. The molecule has 0 bridgehead atoms. The van der Waals surface area contributed by atoms with E-state index < -0.39 is 113 Å². The van der Waals surface area contributed by atoms with Gasteiger partial charge in [0, 0.05) is 52.6 Å². The van der Waals surface area contributed by atoms with Gasteiger partial charge in [-0.25, -0.2) is 4.79 Å². The van der Waals surface area contributed by atoms with Crippen LogP contribution in [0, 0.1) is 22.7 Å². The topological polar surface area (TPSA) is 207 Å². The van der Waals surface area contributed by atoms with Gasteiger partial charge in [0.05, 0.1) is 48.1 Å². The van der Waals surface area contributed by atoms with Gasteiger partial charge in [-0.3, -0.25) is 4.79 Å². The Balaban J connectivity index is 1.01. The zero-order chi connectivity index (χ0) is 47.6. The zero-order valence-corrected chi connectivity index (χ0v) is 40.7. The van der Waals surface area contributed by atoms with Crippen molar-refractivity contribution in [3.05, 3.63) is 23.3 Å². The molecule has 0 radical (unpaired) electrons. The molecular formula is C49H78O16. The van der Waals surface area contributed by atoms with Crippen LogP contribution in [0.4, 0.5) is 0 Å². The molecule has 3 aliphatic heterocycles. The highest BCUT2D eigenvalue weighted by Gasteiger charge is 2.81. The molecule has 65 heavy (non-hydrogen) atoms. The van der Waals surface area contributed by atoms with Crippen LogP contribution in [-0.2, 0) is 57.0 Å². The quantitative estimate of drug-likeness (QED) is 0.113. The minimum Gasteiger partial charge on any atom is -0.458 e. The lowest BCUT2D eigenvalue weighted by atomic mass is 9.42. The fraction of sp³-hybridized carbons (Fsp3) is 0.878. The van der Waals surface area contributed by atoms with E-state index in [4.69, 9.17) is 47.4 Å². The van der Waals surface area contributed by atoms with Crippen LogP contribution in [0.1, 0.15) is 127 Å². The van der Waals surface area contributed by atoms with E-state index in [0.29, 0.717) is 38.5 Å². The standard InChI is InChI=1S/C49H78O16/c1-25(2)26(3)19-38(51)63-37-24-36-45(8)15-14-32(20-31(45)13-16-48(36,54)49(55)18-17-47(53,30(7)50)46(37,49)9)62-39-22-34(57-11)43(28(5)60-39)65-41-23-35(58-12)44(29(6)61-41)64-40-21-33(56-10)42(52)27(4)59-40/h13,19,25,27-29,32-37,39-44,52-55H,14-18,20-24H2,1-12H3/b26-19+/t27-,28+,29+,32-,33+,34-,35+,36+,37+,39-,40-,41-,42-,43+,44+,45-,46+,47+,48-,49+/m0/s1. The normalized spacial score (nSPS) is 49.1. The largest absolute Gasteiger partial charge is 0.458 e. The van der Waals surface area contributed by atoms with E-state index in [-0.39, 0.29) is 49.9 Å². The maximum atomic E-state index is 13.5. The van der Waals surface area contributed by atoms with E-state index in [2.05, 4.69) is 6.92 Å². The Kier molecular flexibility index (Phi) is 15.0. The van der Waals surface area contributed by atoms with Crippen LogP contribution in [0.15, 0.2) is 23.3 Å². The molecule has 7 rings (SSSR count). The van der Waals surface area contributed by atoms with E-state index in [1.807, 2.05) is 40.7 Å². The number of ketones is 1. The molecule has 0 aromatic rings. The second-order valence-electron chi connectivity index (χ2n) is 21.0. The van der Waals surface area contributed by atoms with Crippen LogP contribution < -0.4 is 0 Å².